The molecule has 0 aliphatic heterocycles. The van der Waals surface area contributed by atoms with Crippen molar-refractivity contribution in [1.82, 2.24) is 4.72 Å². The molecule has 0 amide bonds. The highest BCUT2D eigenvalue weighted by Crippen LogP contribution is 2.61. The Kier molecular flexibility index (Phi) is 5.09. The minimum absolute atomic E-state index is 0.451. The highest BCUT2D eigenvalue weighted by Gasteiger charge is 2.57. The van der Waals surface area contributed by atoms with E-state index in [9.17, 15) is 4.91 Å². The molecule has 4 atom stereocenters. The van der Waals surface area contributed by atoms with Crippen LogP contribution in [0, 0.1) is 28.1 Å². The first-order valence-corrected chi connectivity index (χ1v) is 9.22. The minimum Gasteiger partial charge on any atom is -0.385 e. The maximum absolute atomic E-state index is 10.5. The molecule has 1 N–H and O–H groups in total. The van der Waals surface area contributed by atoms with Crippen molar-refractivity contribution in [1.29, 1.82) is 0 Å². The molecule has 4 rings (SSSR count). The van der Waals surface area contributed by atoms with E-state index in [0.29, 0.717) is 23.1 Å². The number of hydrogen-bond donors (Lipinski definition) is 1. The van der Waals surface area contributed by atoms with Gasteiger partial charge in [-0.3, -0.25) is 4.72 Å². The Morgan fingerprint density at radius 2 is 2.04 bits per heavy atom. The van der Waals surface area contributed by atoms with Crippen molar-refractivity contribution in [3.63, 3.8) is 0 Å². The predicted molar refractivity (Wildman–Crippen MR) is 94.7 cm³/mol. The van der Waals surface area contributed by atoms with Gasteiger partial charge in [0.05, 0.1) is 0 Å². The topological polar surface area (TPSA) is 50.7 Å². The number of hydrogen-bond acceptors (Lipinski definition) is 5. The quantitative estimate of drug-likeness (QED) is 0.576. The van der Waals surface area contributed by atoms with Crippen LogP contribution in [-0.4, -0.2) is 19.8 Å². The van der Waals surface area contributed by atoms with Crippen LogP contribution in [0.1, 0.15) is 33.1 Å². The molecule has 1 aromatic rings. The number of fused-ring (bicyclic) bond motifs is 2. The summed E-state index contributed by atoms with van der Waals surface area (Å²) in [6.07, 6.45) is 3.79. The Balaban J connectivity index is 1.65. The van der Waals surface area contributed by atoms with E-state index in [4.69, 9.17) is 4.74 Å². The van der Waals surface area contributed by atoms with Crippen LogP contribution in [0.4, 0.5) is 5.69 Å². The average Bonchev–Trinajstić information content (AvgIpc) is 2.58. The second-order valence-corrected chi connectivity index (χ2v) is 8.38. The molecule has 5 heteroatoms. The van der Waals surface area contributed by atoms with Crippen molar-refractivity contribution in [2.24, 2.45) is 28.3 Å². The highest BCUT2D eigenvalue weighted by atomic mass is 32.2. The SMILES string of the molecule is COCC[C@H]1C[C@H]2C[C@@H]([C@@H]1NSc1ccc(N=O)cc1)C2(C)C. The molecule has 3 fully saturated rings. The van der Waals surface area contributed by atoms with Gasteiger partial charge in [-0.15, -0.1) is 4.91 Å². The maximum atomic E-state index is 10.5. The predicted octanol–water partition coefficient (Wildman–Crippen LogP) is 4.77. The molecule has 3 saturated carbocycles. The highest BCUT2D eigenvalue weighted by molar-refractivity contribution is 7.97. The van der Waals surface area contributed by atoms with Gasteiger partial charge in [0.1, 0.15) is 5.69 Å². The van der Waals surface area contributed by atoms with Gasteiger partial charge in [0, 0.05) is 24.7 Å². The molecule has 1 aromatic carbocycles. The standard InChI is InChI=1S/C18H26N2O2S/c1-18(2)13-10-12(8-9-22-3)17(16(18)11-13)20-23-15-6-4-14(19-21)5-7-15/h4-7,12-13,16-17,20H,8-11H2,1-3H3/t12-,13-,16-,17+/m0/s1. The van der Waals surface area contributed by atoms with Crippen molar-refractivity contribution < 1.29 is 4.74 Å². The van der Waals surface area contributed by atoms with Crippen LogP contribution in [0.25, 0.3) is 0 Å². The van der Waals surface area contributed by atoms with Crippen molar-refractivity contribution in [3.8, 4) is 0 Å². The van der Waals surface area contributed by atoms with Crippen LogP contribution in [0.15, 0.2) is 34.3 Å². The number of ether oxygens (including phenoxy) is 1. The Morgan fingerprint density at radius 1 is 1.30 bits per heavy atom. The molecule has 0 heterocycles. The van der Waals surface area contributed by atoms with Crippen LogP contribution in [-0.2, 0) is 4.74 Å². The first-order chi connectivity index (χ1) is 11.1. The van der Waals surface area contributed by atoms with E-state index < -0.39 is 0 Å². The van der Waals surface area contributed by atoms with Crippen LogP contribution >= 0.6 is 11.9 Å². The van der Waals surface area contributed by atoms with E-state index in [0.717, 1.165) is 29.8 Å². The van der Waals surface area contributed by atoms with Crippen molar-refractivity contribution in [2.75, 3.05) is 13.7 Å². The number of rotatable bonds is 7. The van der Waals surface area contributed by atoms with Gasteiger partial charge in [0.2, 0.25) is 0 Å². The summed E-state index contributed by atoms with van der Waals surface area (Å²) in [4.78, 5) is 11.6. The van der Waals surface area contributed by atoms with Crippen LogP contribution in [0.5, 0.6) is 0 Å². The van der Waals surface area contributed by atoms with Gasteiger partial charge in [0.15, 0.2) is 0 Å². The monoisotopic (exact) mass is 334 g/mol. The lowest BCUT2D eigenvalue weighted by molar-refractivity contribution is -0.112. The lowest BCUT2D eigenvalue weighted by Gasteiger charge is -2.62. The fourth-order valence-corrected chi connectivity index (χ4v) is 5.26. The molecule has 0 aromatic heterocycles. The normalized spacial score (nSPS) is 31.4. The summed E-state index contributed by atoms with van der Waals surface area (Å²) in [5.41, 5.74) is 0.931. The summed E-state index contributed by atoms with van der Waals surface area (Å²) in [6.45, 7) is 5.68. The van der Waals surface area contributed by atoms with Crippen LogP contribution in [0.3, 0.4) is 0 Å². The van der Waals surface area contributed by atoms with E-state index in [1.807, 2.05) is 12.1 Å². The molecule has 4 nitrogen and oxygen atoms in total. The Bertz CT molecular complexity index is 546. The second kappa shape index (κ2) is 6.91. The summed E-state index contributed by atoms with van der Waals surface area (Å²) in [7, 11) is 1.79. The smallest absolute Gasteiger partial charge is 0.108 e. The van der Waals surface area contributed by atoms with E-state index in [-0.39, 0.29) is 0 Å². The van der Waals surface area contributed by atoms with E-state index >= 15 is 0 Å². The summed E-state index contributed by atoms with van der Waals surface area (Å²) < 4.78 is 9.04. The minimum atomic E-state index is 0.451. The molecule has 126 valence electrons. The van der Waals surface area contributed by atoms with Crippen molar-refractivity contribution in [2.45, 2.75) is 44.0 Å². The summed E-state index contributed by atoms with van der Waals surface area (Å²) >= 11 is 1.68. The summed E-state index contributed by atoms with van der Waals surface area (Å²) in [5.74, 6) is 2.30. The van der Waals surface area contributed by atoms with E-state index in [1.54, 1.807) is 31.2 Å². The molecular weight excluding hydrogens is 308 g/mol. The third-order valence-corrected chi connectivity index (χ3v) is 6.92. The lowest BCUT2D eigenvalue weighted by Crippen LogP contribution is -2.61. The summed E-state index contributed by atoms with van der Waals surface area (Å²) in [5, 5.41) is 2.95. The average molecular weight is 334 g/mol. The van der Waals surface area contributed by atoms with Gasteiger partial charge in [-0.1, -0.05) is 13.8 Å². The Labute approximate surface area is 142 Å². The number of benzene rings is 1. The first-order valence-electron chi connectivity index (χ1n) is 8.41. The zero-order valence-corrected chi connectivity index (χ0v) is 14.9. The van der Waals surface area contributed by atoms with Gasteiger partial charge in [0.25, 0.3) is 0 Å². The maximum Gasteiger partial charge on any atom is 0.108 e. The first kappa shape index (κ1) is 16.9. The Morgan fingerprint density at radius 3 is 2.65 bits per heavy atom. The molecule has 23 heavy (non-hydrogen) atoms. The summed E-state index contributed by atoms with van der Waals surface area (Å²) in [6, 6.07) is 7.97. The third kappa shape index (κ3) is 3.32. The van der Waals surface area contributed by atoms with Crippen LogP contribution < -0.4 is 4.72 Å². The van der Waals surface area contributed by atoms with Gasteiger partial charge in [-0.05, 0) is 83.8 Å². The van der Waals surface area contributed by atoms with Crippen molar-refractivity contribution >= 4 is 17.6 Å². The van der Waals surface area contributed by atoms with Gasteiger partial charge >= 0.3 is 0 Å². The van der Waals surface area contributed by atoms with Crippen molar-refractivity contribution in [3.05, 3.63) is 29.2 Å². The van der Waals surface area contributed by atoms with Gasteiger partial charge < -0.3 is 4.74 Å². The molecule has 2 bridgehead atoms. The number of methoxy groups -OCH3 is 1. The number of nitroso groups, excluding NO2 is 1. The molecule has 0 radical (unpaired) electrons. The molecule has 3 aliphatic carbocycles. The number of nitrogens with one attached hydrogen (secondary N) is 1. The Hall–Kier alpha value is -0.910. The molecule has 0 saturated heterocycles. The van der Waals surface area contributed by atoms with Gasteiger partial charge in [-0.25, -0.2) is 0 Å². The van der Waals surface area contributed by atoms with Crippen LogP contribution in [0.2, 0.25) is 0 Å². The third-order valence-electron chi connectivity index (χ3n) is 6.02. The fourth-order valence-electron chi connectivity index (χ4n) is 4.36. The fraction of sp³-hybridized carbons (Fsp3) is 0.667. The van der Waals surface area contributed by atoms with Gasteiger partial charge in [-0.2, -0.15) is 0 Å². The zero-order chi connectivity index (χ0) is 16.4. The molecule has 0 unspecified atom stereocenters. The molecular formula is C18H26N2O2S. The number of nitrogens with zero attached hydrogens (tertiary/aromatic N) is 1. The largest absolute Gasteiger partial charge is 0.385 e. The van der Waals surface area contributed by atoms with E-state index in [2.05, 4.69) is 23.7 Å². The lowest BCUT2D eigenvalue weighted by atomic mass is 9.45. The zero-order valence-electron chi connectivity index (χ0n) is 14.1. The molecule has 3 aliphatic rings. The molecule has 0 spiro atoms. The second-order valence-electron chi connectivity index (χ2n) is 7.47. The van der Waals surface area contributed by atoms with E-state index in [1.165, 1.54) is 12.8 Å².